The maximum absolute atomic E-state index is 4.09. The fraction of sp³-hybridized carbons (Fsp3) is 0.818. The molecule has 1 aromatic heterocycles. The summed E-state index contributed by atoms with van der Waals surface area (Å²) >= 11 is 0. The molecule has 15 heavy (non-hydrogen) atoms. The number of rotatable bonds is 6. The highest BCUT2D eigenvalue weighted by molar-refractivity contribution is 4.82. The summed E-state index contributed by atoms with van der Waals surface area (Å²) in [6.07, 6.45) is 8.15. The quantitative estimate of drug-likeness (QED) is 0.745. The molecule has 2 rings (SSSR count). The van der Waals surface area contributed by atoms with E-state index in [1.807, 2.05) is 0 Å². The van der Waals surface area contributed by atoms with Crippen molar-refractivity contribution in [3.05, 3.63) is 12.2 Å². The van der Waals surface area contributed by atoms with Crippen LogP contribution in [0, 0.1) is 5.92 Å². The Morgan fingerprint density at radius 1 is 1.60 bits per heavy atom. The van der Waals surface area contributed by atoms with Gasteiger partial charge in [0.2, 0.25) is 0 Å². The van der Waals surface area contributed by atoms with Gasteiger partial charge in [-0.15, -0.1) is 0 Å². The van der Waals surface area contributed by atoms with E-state index in [0.29, 0.717) is 6.04 Å². The summed E-state index contributed by atoms with van der Waals surface area (Å²) in [5.74, 6) is 1.95. The summed E-state index contributed by atoms with van der Waals surface area (Å²) in [6.45, 7) is 3.27. The fourth-order valence-electron chi connectivity index (χ4n) is 2.10. The smallest absolute Gasteiger partial charge is 0.137 e. The Bertz CT molecular complexity index is 266. The normalized spacial score (nSPS) is 18.7. The van der Waals surface area contributed by atoms with Gasteiger partial charge in [0.05, 0.1) is 0 Å². The summed E-state index contributed by atoms with van der Waals surface area (Å²) in [4.78, 5) is 4.09. The number of nitrogens with one attached hydrogen (secondary N) is 2. The molecule has 0 saturated heterocycles. The van der Waals surface area contributed by atoms with Crippen molar-refractivity contribution < 1.29 is 0 Å². The van der Waals surface area contributed by atoms with Gasteiger partial charge in [-0.3, -0.25) is 5.10 Å². The first-order valence-electron chi connectivity index (χ1n) is 5.92. The van der Waals surface area contributed by atoms with Crippen LogP contribution in [-0.4, -0.2) is 27.8 Å². The predicted molar refractivity (Wildman–Crippen MR) is 59.5 cm³/mol. The lowest BCUT2D eigenvalue weighted by atomic mass is 9.81. The number of hydrogen-bond acceptors (Lipinski definition) is 3. The molecule has 0 aromatic carbocycles. The molecule has 1 aliphatic rings. The standard InChI is InChI=1S/C11H20N4/c1-9(7-10-3-2-4-10)12-6-5-11-13-8-14-15-11/h8-10,12H,2-7H2,1H3,(H,13,14,15). The molecule has 0 spiro atoms. The van der Waals surface area contributed by atoms with Gasteiger partial charge < -0.3 is 5.32 Å². The van der Waals surface area contributed by atoms with Gasteiger partial charge in [0, 0.05) is 19.0 Å². The zero-order valence-corrected chi connectivity index (χ0v) is 9.37. The van der Waals surface area contributed by atoms with E-state index >= 15 is 0 Å². The van der Waals surface area contributed by atoms with E-state index in [4.69, 9.17) is 0 Å². The molecule has 1 aromatic rings. The maximum atomic E-state index is 4.09. The second-order valence-electron chi connectivity index (χ2n) is 4.57. The lowest BCUT2D eigenvalue weighted by Crippen LogP contribution is -2.31. The number of hydrogen-bond donors (Lipinski definition) is 2. The molecule has 0 bridgehead atoms. The van der Waals surface area contributed by atoms with Gasteiger partial charge in [0.1, 0.15) is 12.2 Å². The summed E-state index contributed by atoms with van der Waals surface area (Å²) in [6, 6.07) is 0.637. The second kappa shape index (κ2) is 5.26. The van der Waals surface area contributed by atoms with Crippen LogP contribution in [0.25, 0.3) is 0 Å². The zero-order chi connectivity index (χ0) is 10.5. The number of H-pyrrole nitrogens is 1. The first-order chi connectivity index (χ1) is 7.34. The van der Waals surface area contributed by atoms with Gasteiger partial charge in [-0.2, -0.15) is 5.10 Å². The van der Waals surface area contributed by atoms with Crippen molar-refractivity contribution in [1.82, 2.24) is 20.5 Å². The van der Waals surface area contributed by atoms with Crippen LogP contribution in [0.2, 0.25) is 0 Å². The molecule has 1 aliphatic carbocycles. The van der Waals surface area contributed by atoms with Gasteiger partial charge in [-0.25, -0.2) is 4.98 Å². The van der Waals surface area contributed by atoms with E-state index < -0.39 is 0 Å². The van der Waals surface area contributed by atoms with Crippen molar-refractivity contribution in [3.8, 4) is 0 Å². The van der Waals surface area contributed by atoms with Crippen LogP contribution in [0.3, 0.4) is 0 Å². The van der Waals surface area contributed by atoms with Crippen molar-refractivity contribution in [2.75, 3.05) is 6.54 Å². The number of aromatic amines is 1. The topological polar surface area (TPSA) is 53.6 Å². The summed E-state index contributed by atoms with van der Waals surface area (Å²) in [7, 11) is 0. The molecule has 1 fully saturated rings. The van der Waals surface area contributed by atoms with Gasteiger partial charge >= 0.3 is 0 Å². The Balaban J connectivity index is 1.56. The summed E-state index contributed by atoms with van der Waals surface area (Å²) < 4.78 is 0. The molecule has 84 valence electrons. The van der Waals surface area contributed by atoms with Crippen LogP contribution in [-0.2, 0) is 6.42 Å². The monoisotopic (exact) mass is 208 g/mol. The van der Waals surface area contributed by atoms with E-state index in [1.54, 1.807) is 6.33 Å². The third kappa shape index (κ3) is 3.30. The van der Waals surface area contributed by atoms with Crippen molar-refractivity contribution in [1.29, 1.82) is 0 Å². The minimum atomic E-state index is 0.637. The van der Waals surface area contributed by atoms with Gasteiger partial charge in [-0.05, 0) is 19.3 Å². The molecule has 1 atom stereocenters. The van der Waals surface area contributed by atoms with Crippen molar-refractivity contribution in [2.45, 2.75) is 45.1 Å². The van der Waals surface area contributed by atoms with Crippen LogP contribution in [0.5, 0.6) is 0 Å². The molecule has 4 nitrogen and oxygen atoms in total. The van der Waals surface area contributed by atoms with Gasteiger partial charge in [-0.1, -0.05) is 19.3 Å². The van der Waals surface area contributed by atoms with Crippen LogP contribution in [0.4, 0.5) is 0 Å². The summed E-state index contributed by atoms with van der Waals surface area (Å²) in [5, 5.41) is 10.2. The first-order valence-corrected chi connectivity index (χ1v) is 5.92. The number of nitrogens with zero attached hydrogens (tertiary/aromatic N) is 2. The minimum Gasteiger partial charge on any atom is -0.314 e. The van der Waals surface area contributed by atoms with E-state index in [9.17, 15) is 0 Å². The minimum absolute atomic E-state index is 0.637. The third-order valence-corrected chi connectivity index (χ3v) is 3.23. The van der Waals surface area contributed by atoms with Crippen LogP contribution < -0.4 is 5.32 Å². The average molecular weight is 208 g/mol. The lowest BCUT2D eigenvalue weighted by Gasteiger charge is -2.28. The van der Waals surface area contributed by atoms with E-state index in [1.165, 1.54) is 25.7 Å². The molecule has 1 saturated carbocycles. The molecule has 0 aliphatic heterocycles. The van der Waals surface area contributed by atoms with Gasteiger partial charge in [0.25, 0.3) is 0 Å². The highest BCUT2D eigenvalue weighted by atomic mass is 15.2. The Labute approximate surface area is 90.9 Å². The van der Waals surface area contributed by atoms with Crippen molar-refractivity contribution in [3.63, 3.8) is 0 Å². The molecule has 1 unspecified atom stereocenters. The number of aromatic nitrogens is 3. The Hall–Kier alpha value is -0.900. The van der Waals surface area contributed by atoms with Gasteiger partial charge in [0.15, 0.2) is 0 Å². The largest absolute Gasteiger partial charge is 0.314 e. The average Bonchev–Trinajstić information content (AvgIpc) is 2.64. The second-order valence-corrected chi connectivity index (χ2v) is 4.57. The van der Waals surface area contributed by atoms with E-state index in [0.717, 1.165) is 24.7 Å². The van der Waals surface area contributed by atoms with Crippen LogP contribution in [0.15, 0.2) is 6.33 Å². The maximum Gasteiger partial charge on any atom is 0.137 e. The fourth-order valence-corrected chi connectivity index (χ4v) is 2.10. The predicted octanol–water partition coefficient (Wildman–Crippen LogP) is 1.52. The molecule has 0 radical (unpaired) electrons. The van der Waals surface area contributed by atoms with Crippen LogP contribution in [0.1, 0.15) is 38.4 Å². The molecule has 4 heteroatoms. The van der Waals surface area contributed by atoms with Crippen molar-refractivity contribution in [2.24, 2.45) is 5.92 Å². The first kappa shape index (κ1) is 10.6. The SMILES string of the molecule is CC(CC1CCC1)NCCc1ncn[nH]1. The molecule has 2 N–H and O–H groups in total. The molecular weight excluding hydrogens is 188 g/mol. The molecule has 1 heterocycles. The van der Waals surface area contributed by atoms with E-state index in [-0.39, 0.29) is 0 Å². The zero-order valence-electron chi connectivity index (χ0n) is 9.37. The third-order valence-electron chi connectivity index (χ3n) is 3.23. The van der Waals surface area contributed by atoms with E-state index in [2.05, 4.69) is 27.4 Å². The lowest BCUT2D eigenvalue weighted by molar-refractivity contribution is 0.266. The van der Waals surface area contributed by atoms with Crippen molar-refractivity contribution >= 4 is 0 Å². The summed E-state index contributed by atoms with van der Waals surface area (Å²) in [5.41, 5.74) is 0. The Kier molecular flexibility index (Phi) is 3.72. The molecular formula is C11H20N4. The Morgan fingerprint density at radius 2 is 2.47 bits per heavy atom. The van der Waals surface area contributed by atoms with Crippen LogP contribution >= 0.6 is 0 Å². The molecule has 0 amide bonds. The Morgan fingerprint density at radius 3 is 3.07 bits per heavy atom. The highest BCUT2D eigenvalue weighted by Crippen LogP contribution is 2.30. The highest BCUT2D eigenvalue weighted by Gasteiger charge is 2.19.